The number of hydrogen-bond acceptors (Lipinski definition) is 3. The molecule has 1 N–H and O–H groups in total. The molecule has 0 spiro atoms. The third kappa shape index (κ3) is 3.87. The van der Waals surface area contributed by atoms with Crippen LogP contribution >= 0.6 is 11.8 Å². The van der Waals surface area contributed by atoms with E-state index in [2.05, 4.69) is 56.1 Å². The summed E-state index contributed by atoms with van der Waals surface area (Å²) in [5.74, 6) is 0. The summed E-state index contributed by atoms with van der Waals surface area (Å²) in [5, 5.41) is 3.43. The Morgan fingerprint density at radius 1 is 1.35 bits per heavy atom. The van der Waals surface area contributed by atoms with Crippen molar-refractivity contribution < 1.29 is 0 Å². The third-order valence-electron chi connectivity index (χ3n) is 4.63. The molecule has 0 aromatic rings. The highest BCUT2D eigenvalue weighted by atomic mass is 32.2. The van der Waals surface area contributed by atoms with Gasteiger partial charge in [0.15, 0.2) is 0 Å². The molecule has 17 heavy (non-hydrogen) atoms. The maximum absolute atomic E-state index is 3.43. The molecule has 2 nitrogen and oxygen atoms in total. The van der Waals surface area contributed by atoms with Gasteiger partial charge in [-0.1, -0.05) is 13.8 Å². The second-order valence-corrected chi connectivity index (χ2v) is 6.70. The molecule has 1 aliphatic heterocycles. The second-order valence-electron chi connectivity index (χ2n) is 5.42. The maximum Gasteiger partial charge on any atom is 0.0279 e. The number of nitrogens with zero attached hydrogens (tertiary/aromatic N) is 1. The van der Waals surface area contributed by atoms with Crippen LogP contribution in [0.1, 0.15) is 46.5 Å². The number of likely N-dealkylation sites (tertiary alicyclic amines) is 1. The van der Waals surface area contributed by atoms with Gasteiger partial charge in [0.2, 0.25) is 0 Å². The topological polar surface area (TPSA) is 15.3 Å². The summed E-state index contributed by atoms with van der Waals surface area (Å²) in [5.41, 5.74) is 0. The summed E-state index contributed by atoms with van der Waals surface area (Å²) in [7, 11) is 2.09. The van der Waals surface area contributed by atoms with Crippen LogP contribution in [0.15, 0.2) is 0 Å². The van der Waals surface area contributed by atoms with E-state index < -0.39 is 0 Å². The molecule has 1 fully saturated rings. The number of piperidine rings is 1. The molecule has 102 valence electrons. The van der Waals surface area contributed by atoms with Crippen molar-refractivity contribution in [3.63, 3.8) is 0 Å². The van der Waals surface area contributed by atoms with Gasteiger partial charge in [0.1, 0.15) is 0 Å². The molecule has 2 unspecified atom stereocenters. The lowest BCUT2D eigenvalue weighted by molar-refractivity contribution is 0.123. The zero-order chi connectivity index (χ0) is 12.9. The van der Waals surface area contributed by atoms with Gasteiger partial charge in [0.25, 0.3) is 0 Å². The monoisotopic (exact) mass is 258 g/mol. The van der Waals surface area contributed by atoms with E-state index in [-0.39, 0.29) is 0 Å². The summed E-state index contributed by atoms with van der Waals surface area (Å²) < 4.78 is 0.473. The number of nitrogens with one attached hydrogen (secondary N) is 1. The molecule has 0 aliphatic carbocycles. The van der Waals surface area contributed by atoms with Crippen LogP contribution in [0.25, 0.3) is 0 Å². The molecule has 3 heteroatoms. The molecule has 0 radical (unpaired) electrons. The Hall–Kier alpha value is 0.270. The molecule has 0 bridgehead atoms. The third-order valence-corrected chi connectivity index (χ3v) is 6.21. The Bertz CT molecular complexity index is 208. The standard InChI is InChI=1S/C14H30N2S/c1-6-14(7-2,17-5)11-16-9-8-13(15-4)10-12(16)3/h12-13,15H,6-11H2,1-5H3. The van der Waals surface area contributed by atoms with Crippen LogP contribution in [0.3, 0.4) is 0 Å². The van der Waals surface area contributed by atoms with E-state index in [1.807, 2.05) is 0 Å². The van der Waals surface area contributed by atoms with E-state index in [9.17, 15) is 0 Å². The Balaban J connectivity index is 2.56. The van der Waals surface area contributed by atoms with Crippen molar-refractivity contribution in [2.45, 2.75) is 63.3 Å². The Morgan fingerprint density at radius 3 is 2.41 bits per heavy atom. The van der Waals surface area contributed by atoms with E-state index in [1.165, 1.54) is 38.8 Å². The van der Waals surface area contributed by atoms with Crippen molar-refractivity contribution in [2.24, 2.45) is 0 Å². The summed E-state index contributed by atoms with van der Waals surface area (Å²) >= 11 is 2.06. The first-order chi connectivity index (χ1) is 8.10. The van der Waals surface area contributed by atoms with Gasteiger partial charge >= 0.3 is 0 Å². The zero-order valence-electron chi connectivity index (χ0n) is 12.3. The van der Waals surface area contributed by atoms with Crippen molar-refractivity contribution in [2.75, 3.05) is 26.4 Å². The lowest BCUT2D eigenvalue weighted by Gasteiger charge is -2.43. The molecule has 0 saturated carbocycles. The first-order valence-corrected chi connectivity index (χ1v) is 8.29. The summed E-state index contributed by atoms with van der Waals surface area (Å²) in [6.45, 7) is 9.59. The van der Waals surface area contributed by atoms with Crippen molar-refractivity contribution in [1.29, 1.82) is 0 Å². The first-order valence-electron chi connectivity index (χ1n) is 7.07. The van der Waals surface area contributed by atoms with Crippen LogP contribution < -0.4 is 5.32 Å². The van der Waals surface area contributed by atoms with E-state index in [0.29, 0.717) is 4.75 Å². The van der Waals surface area contributed by atoms with Gasteiger partial charge in [-0.25, -0.2) is 0 Å². The largest absolute Gasteiger partial charge is 0.317 e. The summed E-state index contributed by atoms with van der Waals surface area (Å²) in [6, 6.07) is 1.46. The fraction of sp³-hybridized carbons (Fsp3) is 1.00. The van der Waals surface area contributed by atoms with Gasteiger partial charge in [-0.2, -0.15) is 11.8 Å². The number of rotatable bonds is 6. The van der Waals surface area contributed by atoms with Gasteiger partial charge in [-0.3, -0.25) is 4.90 Å². The van der Waals surface area contributed by atoms with Gasteiger partial charge in [-0.05, 0) is 52.5 Å². The highest BCUT2D eigenvalue weighted by Crippen LogP contribution is 2.33. The van der Waals surface area contributed by atoms with Crippen LogP contribution in [0, 0.1) is 0 Å². The van der Waals surface area contributed by atoms with E-state index in [1.54, 1.807) is 0 Å². The van der Waals surface area contributed by atoms with Gasteiger partial charge in [0.05, 0.1) is 0 Å². The average Bonchev–Trinajstić information content (AvgIpc) is 2.38. The lowest BCUT2D eigenvalue weighted by Crippen LogP contribution is -2.51. The van der Waals surface area contributed by atoms with E-state index in [4.69, 9.17) is 0 Å². The van der Waals surface area contributed by atoms with Crippen molar-refractivity contribution in [3.05, 3.63) is 0 Å². The van der Waals surface area contributed by atoms with E-state index >= 15 is 0 Å². The predicted molar refractivity (Wildman–Crippen MR) is 79.9 cm³/mol. The molecule has 2 atom stereocenters. The van der Waals surface area contributed by atoms with Gasteiger partial charge < -0.3 is 5.32 Å². The Morgan fingerprint density at radius 2 is 2.00 bits per heavy atom. The maximum atomic E-state index is 3.43. The molecule has 0 aromatic heterocycles. The normalized spacial score (nSPS) is 27.4. The van der Waals surface area contributed by atoms with Crippen molar-refractivity contribution in [1.82, 2.24) is 10.2 Å². The zero-order valence-corrected chi connectivity index (χ0v) is 13.1. The van der Waals surface area contributed by atoms with Crippen LogP contribution in [-0.4, -0.2) is 48.1 Å². The minimum atomic E-state index is 0.473. The predicted octanol–water partition coefficient (Wildman–Crippen LogP) is 2.98. The summed E-state index contributed by atoms with van der Waals surface area (Å²) in [6.07, 6.45) is 7.44. The number of hydrogen-bond donors (Lipinski definition) is 1. The molecule has 1 aliphatic rings. The average molecular weight is 258 g/mol. The molecule has 0 aromatic carbocycles. The quantitative estimate of drug-likeness (QED) is 0.788. The number of thioether (sulfide) groups is 1. The minimum absolute atomic E-state index is 0.473. The summed E-state index contributed by atoms with van der Waals surface area (Å²) in [4.78, 5) is 2.71. The fourth-order valence-electron chi connectivity index (χ4n) is 2.91. The first kappa shape index (κ1) is 15.3. The highest BCUT2D eigenvalue weighted by molar-refractivity contribution is 8.00. The molecule has 0 amide bonds. The lowest BCUT2D eigenvalue weighted by atomic mass is 9.94. The van der Waals surface area contributed by atoms with Crippen molar-refractivity contribution in [3.8, 4) is 0 Å². The Labute approximate surface area is 112 Å². The van der Waals surface area contributed by atoms with Crippen LogP contribution in [0.2, 0.25) is 0 Å². The van der Waals surface area contributed by atoms with E-state index in [0.717, 1.165) is 12.1 Å². The Kier molecular flexibility index (Phi) is 6.32. The van der Waals surface area contributed by atoms with Crippen molar-refractivity contribution >= 4 is 11.8 Å². The molecule has 1 heterocycles. The van der Waals surface area contributed by atoms with Crippen LogP contribution in [-0.2, 0) is 0 Å². The SMILES string of the molecule is CCC(CC)(CN1CCC(NC)CC1C)SC. The van der Waals surface area contributed by atoms with Crippen LogP contribution in [0.4, 0.5) is 0 Å². The molecular weight excluding hydrogens is 228 g/mol. The van der Waals surface area contributed by atoms with Crippen LogP contribution in [0.5, 0.6) is 0 Å². The fourth-order valence-corrected chi connectivity index (χ4v) is 3.79. The minimum Gasteiger partial charge on any atom is -0.317 e. The molecule has 1 rings (SSSR count). The second kappa shape index (κ2) is 7.01. The molecular formula is C14H30N2S. The smallest absolute Gasteiger partial charge is 0.0279 e. The van der Waals surface area contributed by atoms with Gasteiger partial charge in [0, 0.05) is 23.4 Å². The highest BCUT2D eigenvalue weighted by Gasteiger charge is 2.32. The molecule has 1 saturated heterocycles. The van der Waals surface area contributed by atoms with Gasteiger partial charge in [-0.15, -0.1) is 0 Å².